The fourth-order valence-electron chi connectivity index (χ4n) is 3.96. The molecular weight excluding hydrogens is 412 g/mol. The smallest absolute Gasteiger partial charge is 0.307 e. The van der Waals surface area contributed by atoms with Crippen LogP contribution in [0.5, 0.6) is 5.88 Å². The van der Waals surface area contributed by atoms with Crippen LogP contribution in [-0.4, -0.2) is 61.1 Å². The molecule has 4 rings (SSSR count). The Morgan fingerprint density at radius 1 is 1.27 bits per heavy atom. The Kier molecular flexibility index (Phi) is 5.26. The molecule has 1 aromatic rings. The monoisotopic (exact) mass is 438 g/mol. The zero-order chi connectivity index (χ0) is 21.6. The van der Waals surface area contributed by atoms with Gasteiger partial charge in [-0.1, -0.05) is 0 Å². The zero-order valence-electron chi connectivity index (χ0n) is 16.8. The van der Waals surface area contributed by atoms with Crippen LogP contribution < -0.4 is 10.1 Å². The first kappa shape index (κ1) is 21.0. The number of aromatic nitrogens is 1. The quantitative estimate of drug-likeness (QED) is 0.567. The average Bonchev–Trinajstić information content (AvgIpc) is 3.46. The van der Waals surface area contributed by atoms with Gasteiger partial charge in [-0.2, -0.15) is 0 Å². The maximum Gasteiger partial charge on any atom is 0.307 e. The van der Waals surface area contributed by atoms with Gasteiger partial charge in [-0.15, -0.1) is 0 Å². The number of rotatable bonds is 8. The van der Waals surface area contributed by atoms with Gasteiger partial charge >= 0.3 is 5.97 Å². The summed E-state index contributed by atoms with van der Waals surface area (Å²) in [5.41, 5.74) is -1.58. The van der Waals surface area contributed by atoms with Crippen molar-refractivity contribution in [2.24, 2.45) is 5.92 Å². The Morgan fingerprint density at radius 2 is 1.97 bits per heavy atom. The maximum atomic E-state index is 12.8. The molecule has 30 heavy (non-hydrogen) atoms. The molecule has 3 fully saturated rings. The highest BCUT2D eigenvalue weighted by Crippen LogP contribution is 2.44. The van der Waals surface area contributed by atoms with Crippen LogP contribution in [0.4, 0.5) is 0 Å². The molecule has 0 aromatic carbocycles. The molecule has 2 aliphatic carbocycles. The van der Waals surface area contributed by atoms with E-state index >= 15 is 0 Å². The number of hydrogen-bond acceptors (Lipinski definition) is 8. The van der Waals surface area contributed by atoms with Gasteiger partial charge in [0.2, 0.25) is 5.88 Å². The Balaban J connectivity index is 1.55. The number of amides is 1. The molecule has 9 nitrogen and oxygen atoms in total. The second kappa shape index (κ2) is 7.49. The number of esters is 1. The van der Waals surface area contributed by atoms with Gasteiger partial charge in [0.1, 0.15) is 5.69 Å². The number of pyridine rings is 1. The number of nitrogens with zero attached hydrogens (tertiary/aromatic N) is 1. The van der Waals surface area contributed by atoms with E-state index in [1.54, 1.807) is 6.07 Å². The highest BCUT2D eigenvalue weighted by atomic mass is 32.2. The normalized spacial score (nSPS) is 22.9. The molecule has 0 unspecified atom stereocenters. The van der Waals surface area contributed by atoms with Crippen LogP contribution in [0, 0.1) is 5.92 Å². The Bertz CT molecular complexity index is 955. The van der Waals surface area contributed by atoms with Crippen LogP contribution in [0.1, 0.15) is 54.6 Å². The summed E-state index contributed by atoms with van der Waals surface area (Å²) in [5.74, 6) is -1.16. The topological polar surface area (TPSA) is 132 Å². The van der Waals surface area contributed by atoms with E-state index in [1.165, 1.54) is 13.2 Å². The molecule has 10 heteroatoms. The highest BCUT2D eigenvalue weighted by Gasteiger charge is 2.51. The molecule has 1 saturated heterocycles. The second-order valence-corrected chi connectivity index (χ2v) is 10.8. The van der Waals surface area contributed by atoms with Gasteiger partial charge in [-0.3, -0.25) is 9.59 Å². The first-order valence-electron chi connectivity index (χ1n) is 10.1. The van der Waals surface area contributed by atoms with E-state index in [1.807, 2.05) is 0 Å². The van der Waals surface area contributed by atoms with Crippen molar-refractivity contribution < 1.29 is 32.6 Å². The Hall–Kier alpha value is -2.20. The molecule has 164 valence electrons. The van der Waals surface area contributed by atoms with E-state index in [9.17, 15) is 23.1 Å². The molecule has 0 radical (unpaired) electrons. The lowest BCUT2D eigenvalue weighted by atomic mass is 9.75. The van der Waals surface area contributed by atoms with Crippen LogP contribution in [0.2, 0.25) is 0 Å². The number of ether oxygens (including phenoxy) is 2. The third-order valence-electron chi connectivity index (χ3n) is 6.01. The number of sulfone groups is 1. The van der Waals surface area contributed by atoms with Crippen molar-refractivity contribution >= 4 is 21.7 Å². The third kappa shape index (κ3) is 4.29. The van der Waals surface area contributed by atoms with Gasteiger partial charge in [-0.25, -0.2) is 13.4 Å². The van der Waals surface area contributed by atoms with Crippen molar-refractivity contribution in [2.75, 3.05) is 25.2 Å². The van der Waals surface area contributed by atoms with Crippen molar-refractivity contribution in [3.8, 4) is 5.88 Å². The fourth-order valence-corrected chi connectivity index (χ4v) is 5.91. The fraction of sp³-hybridized carbons (Fsp3) is 0.650. The van der Waals surface area contributed by atoms with Gasteiger partial charge in [0.25, 0.3) is 5.91 Å². The second-order valence-electron chi connectivity index (χ2n) is 8.71. The van der Waals surface area contributed by atoms with Gasteiger partial charge in [0.15, 0.2) is 9.84 Å². The van der Waals surface area contributed by atoms with Crippen LogP contribution in [0.15, 0.2) is 12.1 Å². The minimum absolute atomic E-state index is 0.0426. The average molecular weight is 439 g/mol. The SMILES string of the molecule is COC(=O)CC1(NC(=O)c2ccc(C3(O)CCC3)c(OCC3CC3)n2)CS(=O)(=O)C1. The van der Waals surface area contributed by atoms with Gasteiger partial charge in [0, 0.05) is 5.56 Å². The van der Waals surface area contributed by atoms with E-state index in [0.717, 1.165) is 19.3 Å². The molecule has 1 amide bonds. The number of carbonyl (C=O) groups is 2. The largest absolute Gasteiger partial charge is 0.477 e. The molecule has 3 aliphatic rings. The van der Waals surface area contributed by atoms with Gasteiger partial charge < -0.3 is 19.9 Å². The van der Waals surface area contributed by atoms with Crippen molar-refractivity contribution in [3.05, 3.63) is 23.4 Å². The summed E-state index contributed by atoms with van der Waals surface area (Å²) in [7, 11) is -2.10. The van der Waals surface area contributed by atoms with E-state index in [-0.39, 0.29) is 29.5 Å². The molecule has 1 aliphatic heterocycles. The predicted molar refractivity (Wildman–Crippen MR) is 106 cm³/mol. The summed E-state index contributed by atoms with van der Waals surface area (Å²) < 4.78 is 33.9. The molecule has 2 saturated carbocycles. The van der Waals surface area contributed by atoms with Crippen molar-refractivity contribution in [3.63, 3.8) is 0 Å². The number of hydrogen-bond donors (Lipinski definition) is 2. The molecule has 2 N–H and O–H groups in total. The Morgan fingerprint density at radius 3 is 2.50 bits per heavy atom. The summed E-state index contributed by atoms with van der Waals surface area (Å²) in [5, 5.41) is 13.4. The van der Waals surface area contributed by atoms with E-state index in [0.29, 0.717) is 30.9 Å². The summed E-state index contributed by atoms with van der Waals surface area (Å²) in [6.45, 7) is 0.478. The number of aliphatic hydroxyl groups is 1. The van der Waals surface area contributed by atoms with Crippen molar-refractivity contribution in [2.45, 2.75) is 49.7 Å². The highest BCUT2D eigenvalue weighted by molar-refractivity contribution is 7.93. The summed E-state index contributed by atoms with van der Waals surface area (Å²) in [4.78, 5) is 28.9. The standard InChI is InChI=1S/C20H26N2O7S/c1-28-16(23)9-19(11-30(26,27)12-19)22-17(24)15-6-5-14(20(25)7-2-8-20)18(21-15)29-10-13-3-4-13/h5-6,13,25H,2-4,7-12H2,1H3,(H,22,24). The molecule has 1 aromatic heterocycles. The van der Waals surface area contributed by atoms with Crippen molar-refractivity contribution in [1.82, 2.24) is 10.3 Å². The zero-order valence-corrected chi connectivity index (χ0v) is 17.7. The minimum atomic E-state index is -3.31. The maximum absolute atomic E-state index is 12.8. The van der Waals surface area contributed by atoms with Crippen molar-refractivity contribution in [1.29, 1.82) is 0 Å². The van der Waals surface area contributed by atoms with Crippen LogP contribution in [0.3, 0.4) is 0 Å². The lowest BCUT2D eigenvalue weighted by molar-refractivity contribution is -0.141. The van der Waals surface area contributed by atoms with Crippen LogP contribution in [0.25, 0.3) is 0 Å². The lowest BCUT2D eigenvalue weighted by Gasteiger charge is -2.40. The van der Waals surface area contributed by atoms with Gasteiger partial charge in [-0.05, 0) is 50.2 Å². The van der Waals surface area contributed by atoms with Crippen LogP contribution >= 0.6 is 0 Å². The molecule has 0 spiro atoms. The summed E-state index contributed by atoms with van der Waals surface area (Å²) in [6, 6.07) is 3.14. The number of methoxy groups -OCH3 is 1. The van der Waals surface area contributed by atoms with E-state index < -0.39 is 32.9 Å². The van der Waals surface area contributed by atoms with Gasteiger partial charge in [0.05, 0.1) is 42.8 Å². The predicted octanol–water partition coefficient (Wildman–Crippen LogP) is 0.702. The summed E-state index contributed by atoms with van der Waals surface area (Å²) >= 11 is 0. The number of carbonyl (C=O) groups excluding carboxylic acids is 2. The third-order valence-corrected chi connectivity index (χ3v) is 7.99. The summed E-state index contributed by atoms with van der Waals surface area (Å²) in [6.07, 6.45) is 4.07. The molecular formula is C20H26N2O7S. The van der Waals surface area contributed by atoms with Crippen LogP contribution in [-0.2, 0) is 25.0 Å². The Labute approximate surface area is 175 Å². The minimum Gasteiger partial charge on any atom is -0.477 e. The lowest BCUT2D eigenvalue weighted by Crippen LogP contribution is -2.66. The molecule has 2 heterocycles. The van der Waals surface area contributed by atoms with E-state index in [2.05, 4.69) is 15.0 Å². The number of nitrogens with one attached hydrogen (secondary N) is 1. The first-order valence-corrected chi connectivity index (χ1v) is 11.9. The first-order chi connectivity index (χ1) is 14.1. The molecule has 0 atom stereocenters. The van der Waals surface area contributed by atoms with E-state index in [4.69, 9.17) is 4.74 Å². The molecule has 0 bridgehead atoms.